The molecule has 0 unspecified atom stereocenters. The molecule has 0 radical (unpaired) electrons. The van der Waals surface area contributed by atoms with Gasteiger partial charge in [-0.15, -0.1) is 12.4 Å². The molecule has 0 atom stereocenters. The topological polar surface area (TPSA) is 29.5 Å². The van der Waals surface area contributed by atoms with E-state index in [0.29, 0.717) is 13.0 Å². The Kier molecular flexibility index (Phi) is 6.19. The molecule has 1 heterocycles. The van der Waals surface area contributed by atoms with Gasteiger partial charge in [-0.1, -0.05) is 30.3 Å². The number of carbonyl (C=O) groups excluding carboxylic acids is 1. The number of nitrogens with zero attached hydrogens (tertiary/aromatic N) is 1. The lowest BCUT2D eigenvalue weighted by molar-refractivity contribution is -0.120. The number of carbonyl (C=O) groups is 1. The number of hydrogen-bond acceptors (Lipinski definition) is 3. The zero-order valence-corrected chi connectivity index (χ0v) is 10.6. The Hall–Kier alpha value is -0.900. The van der Waals surface area contributed by atoms with E-state index in [1.807, 2.05) is 30.3 Å². The molecular formula is C13H18ClNO2. The second-order valence-electron chi connectivity index (χ2n) is 4.09. The van der Waals surface area contributed by atoms with Crippen LogP contribution in [-0.2, 0) is 16.0 Å². The molecule has 2 rings (SSSR count). The third-order valence-electron chi connectivity index (χ3n) is 2.75. The number of rotatable bonds is 4. The zero-order chi connectivity index (χ0) is 11.2. The maximum atomic E-state index is 11.8. The first-order valence-corrected chi connectivity index (χ1v) is 5.70. The minimum Gasteiger partial charge on any atom is -0.379 e. The number of morpholine rings is 1. The van der Waals surface area contributed by atoms with Gasteiger partial charge in [-0.3, -0.25) is 9.69 Å². The summed E-state index contributed by atoms with van der Waals surface area (Å²) < 4.78 is 5.25. The summed E-state index contributed by atoms with van der Waals surface area (Å²) in [5.74, 6) is 0.285. The summed E-state index contributed by atoms with van der Waals surface area (Å²) in [6.45, 7) is 3.80. The Labute approximate surface area is 108 Å². The molecule has 1 aliphatic rings. The van der Waals surface area contributed by atoms with Crippen LogP contribution >= 0.6 is 12.4 Å². The van der Waals surface area contributed by atoms with Gasteiger partial charge in [0.2, 0.25) is 0 Å². The van der Waals surface area contributed by atoms with Crippen molar-refractivity contribution in [3.05, 3.63) is 35.9 Å². The summed E-state index contributed by atoms with van der Waals surface area (Å²) >= 11 is 0. The van der Waals surface area contributed by atoms with E-state index in [1.54, 1.807) is 0 Å². The van der Waals surface area contributed by atoms with Gasteiger partial charge in [-0.2, -0.15) is 0 Å². The molecule has 1 aliphatic heterocycles. The first-order chi connectivity index (χ1) is 7.84. The lowest BCUT2D eigenvalue weighted by atomic mass is 10.1. The van der Waals surface area contributed by atoms with Gasteiger partial charge in [0.05, 0.1) is 19.8 Å². The smallest absolute Gasteiger partial charge is 0.151 e. The van der Waals surface area contributed by atoms with Crippen molar-refractivity contribution < 1.29 is 9.53 Å². The largest absolute Gasteiger partial charge is 0.379 e. The number of benzene rings is 1. The highest BCUT2D eigenvalue weighted by Gasteiger charge is 2.13. The molecule has 0 saturated carbocycles. The van der Waals surface area contributed by atoms with Crippen LogP contribution in [0.1, 0.15) is 5.56 Å². The minimum atomic E-state index is 0. The van der Waals surface area contributed by atoms with Crippen molar-refractivity contribution in [2.24, 2.45) is 0 Å². The van der Waals surface area contributed by atoms with Crippen LogP contribution in [0.5, 0.6) is 0 Å². The Morgan fingerprint density at radius 2 is 1.82 bits per heavy atom. The van der Waals surface area contributed by atoms with Gasteiger partial charge in [0.25, 0.3) is 0 Å². The molecule has 94 valence electrons. The average molecular weight is 256 g/mol. The van der Waals surface area contributed by atoms with E-state index in [1.165, 1.54) is 0 Å². The van der Waals surface area contributed by atoms with Crippen LogP contribution in [0.3, 0.4) is 0 Å². The van der Waals surface area contributed by atoms with E-state index >= 15 is 0 Å². The maximum Gasteiger partial charge on any atom is 0.151 e. The molecule has 1 aromatic rings. The van der Waals surface area contributed by atoms with Crippen LogP contribution in [0.25, 0.3) is 0 Å². The highest BCUT2D eigenvalue weighted by atomic mass is 35.5. The van der Waals surface area contributed by atoms with Crippen molar-refractivity contribution in [3.63, 3.8) is 0 Å². The van der Waals surface area contributed by atoms with Crippen LogP contribution in [0, 0.1) is 0 Å². The Bertz CT molecular complexity index is 337. The summed E-state index contributed by atoms with van der Waals surface area (Å²) in [5.41, 5.74) is 1.10. The predicted molar refractivity (Wildman–Crippen MR) is 69.7 cm³/mol. The highest BCUT2D eigenvalue weighted by Crippen LogP contribution is 2.02. The molecule has 0 N–H and O–H groups in total. The van der Waals surface area contributed by atoms with E-state index in [4.69, 9.17) is 4.74 Å². The first-order valence-electron chi connectivity index (χ1n) is 5.70. The predicted octanol–water partition coefficient (Wildman–Crippen LogP) is 1.55. The SMILES string of the molecule is Cl.O=C(Cc1ccccc1)CN1CCOCC1. The van der Waals surface area contributed by atoms with Gasteiger partial charge < -0.3 is 4.74 Å². The summed E-state index contributed by atoms with van der Waals surface area (Å²) in [6.07, 6.45) is 0.540. The second-order valence-corrected chi connectivity index (χ2v) is 4.09. The van der Waals surface area contributed by atoms with Crippen molar-refractivity contribution >= 4 is 18.2 Å². The summed E-state index contributed by atoms with van der Waals surface area (Å²) in [7, 11) is 0. The molecule has 0 bridgehead atoms. The number of ketones is 1. The molecule has 0 aromatic heterocycles. The molecule has 0 aliphatic carbocycles. The highest BCUT2D eigenvalue weighted by molar-refractivity contribution is 5.85. The van der Waals surface area contributed by atoms with Crippen LogP contribution in [-0.4, -0.2) is 43.5 Å². The van der Waals surface area contributed by atoms with Crippen LogP contribution in [0.2, 0.25) is 0 Å². The summed E-state index contributed by atoms with van der Waals surface area (Å²) in [4.78, 5) is 14.0. The molecule has 17 heavy (non-hydrogen) atoms. The van der Waals surface area contributed by atoms with Gasteiger partial charge >= 0.3 is 0 Å². The number of hydrogen-bond donors (Lipinski definition) is 0. The van der Waals surface area contributed by atoms with E-state index in [0.717, 1.165) is 31.9 Å². The van der Waals surface area contributed by atoms with Gasteiger partial charge in [0.1, 0.15) is 0 Å². The fourth-order valence-electron chi connectivity index (χ4n) is 1.89. The summed E-state index contributed by atoms with van der Waals surface area (Å²) in [6, 6.07) is 9.90. The number of halogens is 1. The van der Waals surface area contributed by atoms with Gasteiger partial charge in [0, 0.05) is 19.5 Å². The lowest BCUT2D eigenvalue weighted by Gasteiger charge is -2.25. The number of ether oxygens (including phenoxy) is 1. The Morgan fingerprint density at radius 3 is 2.47 bits per heavy atom. The molecule has 3 nitrogen and oxygen atoms in total. The fraction of sp³-hybridized carbons (Fsp3) is 0.462. The standard InChI is InChI=1S/C13H17NO2.ClH/c15-13(10-12-4-2-1-3-5-12)11-14-6-8-16-9-7-14;/h1-5H,6-11H2;1H. The van der Waals surface area contributed by atoms with Gasteiger partial charge in [-0.05, 0) is 5.56 Å². The zero-order valence-electron chi connectivity index (χ0n) is 9.80. The number of Topliss-reactive ketones (excluding diaryl/α,β-unsaturated/α-hetero) is 1. The molecule has 0 amide bonds. The monoisotopic (exact) mass is 255 g/mol. The van der Waals surface area contributed by atoms with Crippen LogP contribution < -0.4 is 0 Å². The Balaban J connectivity index is 0.00000144. The molecule has 1 saturated heterocycles. The van der Waals surface area contributed by atoms with Crippen LogP contribution in [0.15, 0.2) is 30.3 Å². The third-order valence-corrected chi connectivity index (χ3v) is 2.75. The molecule has 4 heteroatoms. The van der Waals surface area contributed by atoms with Crippen molar-refractivity contribution in [1.82, 2.24) is 4.90 Å². The molecular weight excluding hydrogens is 238 g/mol. The minimum absolute atomic E-state index is 0. The second kappa shape index (κ2) is 7.43. The van der Waals surface area contributed by atoms with Crippen molar-refractivity contribution in [3.8, 4) is 0 Å². The molecule has 1 fully saturated rings. The molecule has 0 spiro atoms. The quantitative estimate of drug-likeness (QED) is 0.818. The van der Waals surface area contributed by atoms with E-state index < -0.39 is 0 Å². The van der Waals surface area contributed by atoms with Crippen molar-refractivity contribution in [2.45, 2.75) is 6.42 Å². The van der Waals surface area contributed by atoms with E-state index in [-0.39, 0.29) is 18.2 Å². The Morgan fingerprint density at radius 1 is 1.18 bits per heavy atom. The fourth-order valence-corrected chi connectivity index (χ4v) is 1.89. The van der Waals surface area contributed by atoms with Gasteiger partial charge in [0.15, 0.2) is 5.78 Å². The normalized spacial score (nSPS) is 16.2. The molecule has 1 aromatic carbocycles. The summed E-state index contributed by atoms with van der Waals surface area (Å²) in [5, 5.41) is 0. The van der Waals surface area contributed by atoms with Gasteiger partial charge in [-0.25, -0.2) is 0 Å². The average Bonchev–Trinajstić information content (AvgIpc) is 2.31. The van der Waals surface area contributed by atoms with E-state index in [9.17, 15) is 4.79 Å². The maximum absolute atomic E-state index is 11.8. The lowest BCUT2D eigenvalue weighted by Crippen LogP contribution is -2.39. The van der Waals surface area contributed by atoms with Crippen molar-refractivity contribution in [1.29, 1.82) is 0 Å². The first kappa shape index (κ1) is 14.2. The third kappa shape index (κ3) is 4.86. The van der Waals surface area contributed by atoms with Crippen LogP contribution in [0.4, 0.5) is 0 Å². The van der Waals surface area contributed by atoms with E-state index in [2.05, 4.69) is 4.90 Å². The van der Waals surface area contributed by atoms with Crippen molar-refractivity contribution in [2.75, 3.05) is 32.8 Å².